The first-order valence-electron chi connectivity index (χ1n) is 6.82. The molecule has 1 rings (SSSR count). The predicted octanol–water partition coefficient (Wildman–Crippen LogP) is 2.80. The summed E-state index contributed by atoms with van der Waals surface area (Å²) in [4.78, 5) is 11.8. The first-order chi connectivity index (χ1) is 9.40. The van der Waals surface area contributed by atoms with Crippen molar-refractivity contribution in [2.24, 2.45) is 5.92 Å². The van der Waals surface area contributed by atoms with Gasteiger partial charge >= 0.3 is 0 Å². The van der Waals surface area contributed by atoms with E-state index in [1.165, 1.54) is 6.92 Å². The van der Waals surface area contributed by atoms with Crippen molar-refractivity contribution in [3.63, 3.8) is 0 Å². The van der Waals surface area contributed by atoms with Gasteiger partial charge in [0.15, 0.2) is 0 Å². The Labute approximate surface area is 118 Å². The molecule has 0 aliphatic heterocycles. The lowest BCUT2D eigenvalue weighted by Crippen LogP contribution is -2.36. The molecular formula is C15H21F2NO2. The third-order valence-electron chi connectivity index (χ3n) is 3.56. The second-order valence-electron chi connectivity index (χ2n) is 4.94. The van der Waals surface area contributed by atoms with E-state index >= 15 is 0 Å². The molecule has 1 aromatic carbocycles. The van der Waals surface area contributed by atoms with E-state index in [1.54, 1.807) is 0 Å². The van der Waals surface area contributed by atoms with Crippen LogP contribution >= 0.6 is 0 Å². The molecule has 1 amide bonds. The fourth-order valence-corrected chi connectivity index (χ4v) is 2.11. The van der Waals surface area contributed by atoms with Crippen molar-refractivity contribution in [1.82, 2.24) is 5.32 Å². The molecule has 0 saturated carbocycles. The van der Waals surface area contributed by atoms with Crippen molar-refractivity contribution in [3.8, 4) is 0 Å². The van der Waals surface area contributed by atoms with Crippen LogP contribution in [0.4, 0.5) is 8.78 Å². The topological polar surface area (TPSA) is 49.3 Å². The van der Waals surface area contributed by atoms with E-state index in [2.05, 4.69) is 5.32 Å². The van der Waals surface area contributed by atoms with Crippen LogP contribution < -0.4 is 5.32 Å². The number of amides is 1. The molecule has 20 heavy (non-hydrogen) atoms. The number of hydrogen-bond donors (Lipinski definition) is 2. The summed E-state index contributed by atoms with van der Waals surface area (Å²) in [6, 6.07) is 1.87. The predicted molar refractivity (Wildman–Crippen MR) is 73.5 cm³/mol. The van der Waals surface area contributed by atoms with Crippen molar-refractivity contribution in [2.45, 2.75) is 39.7 Å². The molecule has 3 nitrogen and oxygen atoms in total. The fourth-order valence-electron chi connectivity index (χ4n) is 2.11. The lowest BCUT2D eigenvalue weighted by atomic mass is 9.96. The van der Waals surface area contributed by atoms with E-state index in [-0.39, 0.29) is 23.6 Å². The van der Waals surface area contributed by atoms with Crippen LogP contribution in [-0.2, 0) is 0 Å². The van der Waals surface area contributed by atoms with Crippen LogP contribution in [0.1, 0.15) is 42.6 Å². The van der Waals surface area contributed by atoms with Gasteiger partial charge in [-0.15, -0.1) is 0 Å². The highest BCUT2D eigenvalue weighted by atomic mass is 19.1. The Balaban J connectivity index is 2.70. The third kappa shape index (κ3) is 4.00. The van der Waals surface area contributed by atoms with Gasteiger partial charge in [-0.3, -0.25) is 4.79 Å². The molecule has 0 aliphatic rings. The van der Waals surface area contributed by atoms with E-state index in [9.17, 15) is 18.7 Å². The average molecular weight is 285 g/mol. The Bertz CT molecular complexity index is 473. The Morgan fingerprint density at radius 1 is 1.25 bits per heavy atom. The molecule has 0 radical (unpaired) electrons. The van der Waals surface area contributed by atoms with Crippen molar-refractivity contribution in [1.29, 1.82) is 0 Å². The first-order valence-corrected chi connectivity index (χ1v) is 6.82. The summed E-state index contributed by atoms with van der Waals surface area (Å²) in [6.45, 7) is 5.36. The lowest BCUT2D eigenvalue weighted by Gasteiger charge is -2.20. The highest BCUT2D eigenvalue weighted by Gasteiger charge is 2.19. The van der Waals surface area contributed by atoms with Crippen LogP contribution in [0, 0.1) is 24.5 Å². The number of halogens is 2. The van der Waals surface area contributed by atoms with E-state index in [1.807, 2.05) is 13.8 Å². The van der Waals surface area contributed by atoms with Crippen LogP contribution in [0.3, 0.4) is 0 Å². The Hall–Kier alpha value is -1.49. The van der Waals surface area contributed by atoms with Gasteiger partial charge < -0.3 is 10.4 Å². The van der Waals surface area contributed by atoms with E-state index in [0.717, 1.165) is 25.0 Å². The summed E-state index contributed by atoms with van der Waals surface area (Å²) < 4.78 is 27.0. The third-order valence-corrected chi connectivity index (χ3v) is 3.56. The molecule has 0 saturated heterocycles. The molecule has 112 valence electrons. The van der Waals surface area contributed by atoms with Gasteiger partial charge in [0.25, 0.3) is 5.91 Å². The summed E-state index contributed by atoms with van der Waals surface area (Å²) in [5.41, 5.74) is -0.194. The van der Waals surface area contributed by atoms with Gasteiger partial charge in [0, 0.05) is 6.54 Å². The number of aryl methyl sites for hydroxylation is 1. The van der Waals surface area contributed by atoms with Crippen molar-refractivity contribution in [2.75, 3.05) is 6.54 Å². The molecule has 0 aromatic heterocycles. The van der Waals surface area contributed by atoms with Gasteiger partial charge in [0.2, 0.25) is 0 Å². The highest BCUT2D eigenvalue weighted by molar-refractivity contribution is 5.94. The molecule has 0 bridgehead atoms. The van der Waals surface area contributed by atoms with Crippen LogP contribution in [-0.4, -0.2) is 23.7 Å². The van der Waals surface area contributed by atoms with E-state index in [0.29, 0.717) is 0 Å². The van der Waals surface area contributed by atoms with Gasteiger partial charge in [-0.05, 0) is 30.5 Å². The smallest absolute Gasteiger partial charge is 0.254 e. The van der Waals surface area contributed by atoms with E-state index < -0.39 is 23.6 Å². The molecular weight excluding hydrogens is 264 g/mol. The molecule has 1 atom stereocenters. The minimum atomic E-state index is -0.765. The molecule has 1 aromatic rings. The SMILES string of the molecule is CCC(CC)C(O)CNC(=O)c1cc(F)c(C)cc1F. The first kappa shape index (κ1) is 16.6. The molecule has 0 aliphatic carbocycles. The monoisotopic (exact) mass is 285 g/mol. The molecule has 1 unspecified atom stereocenters. The summed E-state index contributed by atoms with van der Waals surface area (Å²) in [7, 11) is 0. The van der Waals surface area contributed by atoms with Gasteiger partial charge in [0.1, 0.15) is 11.6 Å². The second kappa shape index (κ2) is 7.33. The quantitative estimate of drug-likeness (QED) is 0.844. The summed E-state index contributed by atoms with van der Waals surface area (Å²) >= 11 is 0. The van der Waals surface area contributed by atoms with Crippen LogP contribution in [0.5, 0.6) is 0 Å². The highest BCUT2D eigenvalue weighted by Crippen LogP contribution is 2.15. The van der Waals surface area contributed by atoms with Gasteiger partial charge in [0.05, 0.1) is 11.7 Å². The Morgan fingerprint density at radius 3 is 2.40 bits per heavy atom. The maximum Gasteiger partial charge on any atom is 0.254 e. The normalized spacial score (nSPS) is 12.6. The van der Waals surface area contributed by atoms with Crippen LogP contribution in [0.15, 0.2) is 12.1 Å². The molecule has 2 N–H and O–H groups in total. The van der Waals surface area contributed by atoms with Crippen molar-refractivity contribution in [3.05, 3.63) is 34.9 Å². The summed E-state index contributed by atoms with van der Waals surface area (Å²) in [5.74, 6) is -2.03. The maximum atomic E-state index is 13.6. The van der Waals surface area contributed by atoms with Gasteiger partial charge in [-0.25, -0.2) is 8.78 Å². The zero-order chi connectivity index (χ0) is 15.3. The second-order valence-corrected chi connectivity index (χ2v) is 4.94. The standard InChI is InChI=1S/C15H21F2NO2/c1-4-10(5-2)14(19)8-18-15(20)11-7-12(16)9(3)6-13(11)17/h6-7,10,14,19H,4-5,8H2,1-3H3,(H,18,20). The van der Waals surface area contributed by atoms with Crippen molar-refractivity contribution < 1.29 is 18.7 Å². The largest absolute Gasteiger partial charge is 0.391 e. The lowest BCUT2D eigenvalue weighted by molar-refractivity contribution is 0.0813. The summed E-state index contributed by atoms with van der Waals surface area (Å²) in [6.07, 6.45) is 0.898. The number of hydrogen-bond acceptors (Lipinski definition) is 2. The number of carbonyl (C=O) groups excluding carboxylic acids is 1. The van der Waals surface area contributed by atoms with Crippen LogP contribution in [0.2, 0.25) is 0 Å². The Kier molecular flexibility index (Phi) is 6.07. The van der Waals surface area contributed by atoms with E-state index in [4.69, 9.17) is 0 Å². The molecule has 5 heteroatoms. The summed E-state index contributed by atoms with van der Waals surface area (Å²) in [5, 5.41) is 12.3. The van der Waals surface area contributed by atoms with Gasteiger partial charge in [-0.1, -0.05) is 26.7 Å². The molecule has 0 heterocycles. The number of rotatable bonds is 6. The fraction of sp³-hybridized carbons (Fsp3) is 0.533. The van der Waals surface area contributed by atoms with Crippen LogP contribution in [0.25, 0.3) is 0 Å². The number of aliphatic hydroxyl groups excluding tert-OH is 1. The number of benzene rings is 1. The minimum absolute atomic E-state index is 0.0279. The maximum absolute atomic E-state index is 13.6. The number of carbonyl (C=O) groups is 1. The minimum Gasteiger partial charge on any atom is -0.391 e. The average Bonchev–Trinajstić information content (AvgIpc) is 2.41. The number of aliphatic hydroxyl groups is 1. The number of nitrogens with one attached hydrogen (secondary N) is 1. The zero-order valence-electron chi connectivity index (χ0n) is 12.0. The molecule has 0 spiro atoms. The van der Waals surface area contributed by atoms with Crippen molar-refractivity contribution >= 4 is 5.91 Å². The Morgan fingerprint density at radius 2 is 1.85 bits per heavy atom. The molecule has 0 fully saturated rings. The zero-order valence-corrected chi connectivity index (χ0v) is 12.0. The van der Waals surface area contributed by atoms with Gasteiger partial charge in [-0.2, -0.15) is 0 Å².